The zero-order valence-electron chi connectivity index (χ0n) is 17.6. The number of thioether (sulfide) groups is 1. The van der Waals surface area contributed by atoms with E-state index in [1.165, 1.54) is 11.3 Å². The SMILES string of the molecule is O=C(CSC(c1ccccc1)c1ccccc1)NCc1ccc(S(=O)(=O)N2CCCC2)s1. The van der Waals surface area contributed by atoms with Crippen molar-refractivity contribution in [1.82, 2.24) is 9.62 Å². The molecule has 2 aromatic carbocycles. The molecular weight excluding hydrogens is 460 g/mol. The van der Waals surface area contributed by atoms with E-state index in [-0.39, 0.29) is 11.2 Å². The summed E-state index contributed by atoms with van der Waals surface area (Å²) in [6.07, 6.45) is 1.83. The first kappa shape index (κ1) is 23.0. The van der Waals surface area contributed by atoms with Gasteiger partial charge in [0.2, 0.25) is 5.91 Å². The Kier molecular flexibility index (Phi) is 7.67. The van der Waals surface area contributed by atoms with E-state index in [9.17, 15) is 13.2 Å². The molecule has 1 amide bonds. The van der Waals surface area contributed by atoms with Gasteiger partial charge in [0, 0.05) is 18.0 Å². The highest BCUT2D eigenvalue weighted by atomic mass is 32.2. The van der Waals surface area contributed by atoms with Gasteiger partial charge in [0.1, 0.15) is 4.21 Å². The number of nitrogens with one attached hydrogen (secondary N) is 1. The molecule has 0 saturated carbocycles. The Morgan fingerprint density at radius 1 is 0.938 bits per heavy atom. The molecule has 5 nitrogen and oxygen atoms in total. The molecule has 1 aliphatic heterocycles. The fourth-order valence-electron chi connectivity index (χ4n) is 3.68. The van der Waals surface area contributed by atoms with Crippen LogP contribution in [0.3, 0.4) is 0 Å². The van der Waals surface area contributed by atoms with Crippen LogP contribution in [0.5, 0.6) is 0 Å². The van der Waals surface area contributed by atoms with Crippen LogP contribution in [0.4, 0.5) is 0 Å². The molecule has 0 spiro atoms. The van der Waals surface area contributed by atoms with Crippen molar-refractivity contribution >= 4 is 39.0 Å². The van der Waals surface area contributed by atoms with Crippen molar-refractivity contribution in [3.05, 3.63) is 88.8 Å². The second kappa shape index (κ2) is 10.7. The molecule has 1 N–H and O–H groups in total. The van der Waals surface area contributed by atoms with E-state index < -0.39 is 10.0 Å². The Morgan fingerprint density at radius 3 is 2.12 bits per heavy atom. The van der Waals surface area contributed by atoms with Crippen molar-refractivity contribution in [2.45, 2.75) is 28.8 Å². The summed E-state index contributed by atoms with van der Waals surface area (Å²) in [4.78, 5) is 13.4. The predicted molar refractivity (Wildman–Crippen MR) is 131 cm³/mol. The topological polar surface area (TPSA) is 66.5 Å². The Bertz CT molecular complexity index is 1090. The van der Waals surface area contributed by atoms with Crippen molar-refractivity contribution in [1.29, 1.82) is 0 Å². The van der Waals surface area contributed by atoms with Crippen LogP contribution in [0.2, 0.25) is 0 Å². The Balaban J connectivity index is 1.34. The van der Waals surface area contributed by atoms with Gasteiger partial charge in [0.05, 0.1) is 17.5 Å². The normalized spacial score (nSPS) is 14.7. The standard InChI is InChI=1S/C24H26N2O3S3/c27-22(18-30-24(19-9-3-1-4-10-19)20-11-5-2-6-12-20)25-17-21-13-14-23(31-21)32(28,29)26-15-7-8-16-26/h1-6,9-14,24H,7-8,15-18H2,(H,25,27). The Labute approximate surface area is 197 Å². The molecule has 1 aliphatic rings. The maximum Gasteiger partial charge on any atom is 0.252 e. The lowest BCUT2D eigenvalue weighted by Gasteiger charge is -2.17. The zero-order chi connectivity index (χ0) is 22.4. The average Bonchev–Trinajstić information content (AvgIpc) is 3.52. The van der Waals surface area contributed by atoms with Gasteiger partial charge < -0.3 is 5.32 Å². The van der Waals surface area contributed by atoms with Crippen molar-refractivity contribution in [2.24, 2.45) is 0 Å². The summed E-state index contributed by atoms with van der Waals surface area (Å²) in [6, 6.07) is 23.8. The molecule has 0 unspecified atom stereocenters. The van der Waals surface area contributed by atoms with E-state index in [1.807, 2.05) is 36.4 Å². The van der Waals surface area contributed by atoms with Crippen LogP contribution in [0, 0.1) is 0 Å². The third kappa shape index (κ3) is 5.61. The van der Waals surface area contributed by atoms with Crippen molar-refractivity contribution < 1.29 is 13.2 Å². The van der Waals surface area contributed by atoms with Gasteiger partial charge in [-0.25, -0.2) is 8.42 Å². The van der Waals surface area contributed by atoms with Crippen molar-refractivity contribution in [3.63, 3.8) is 0 Å². The number of amides is 1. The van der Waals surface area contributed by atoms with Crippen LogP contribution in [0.1, 0.15) is 34.1 Å². The number of carbonyl (C=O) groups excluding carboxylic acids is 1. The van der Waals surface area contributed by atoms with Crippen LogP contribution in [-0.2, 0) is 21.4 Å². The summed E-state index contributed by atoms with van der Waals surface area (Å²) in [5.74, 6) is 0.253. The molecule has 0 bridgehead atoms. The summed E-state index contributed by atoms with van der Waals surface area (Å²) in [6.45, 7) is 1.52. The van der Waals surface area contributed by atoms with Gasteiger partial charge in [-0.15, -0.1) is 23.1 Å². The van der Waals surface area contributed by atoms with E-state index in [2.05, 4.69) is 29.6 Å². The van der Waals surface area contributed by atoms with Gasteiger partial charge in [0.25, 0.3) is 10.0 Å². The summed E-state index contributed by atoms with van der Waals surface area (Å²) in [5, 5.41) is 3.01. The first-order valence-electron chi connectivity index (χ1n) is 10.6. The van der Waals surface area contributed by atoms with Crippen LogP contribution in [0.15, 0.2) is 77.0 Å². The average molecular weight is 487 g/mol. The smallest absolute Gasteiger partial charge is 0.252 e. The fourth-order valence-corrected chi connectivity index (χ4v) is 7.77. The zero-order valence-corrected chi connectivity index (χ0v) is 20.1. The minimum absolute atomic E-state index is 0.0655. The number of benzene rings is 2. The van der Waals surface area contributed by atoms with Crippen LogP contribution in [-0.4, -0.2) is 37.5 Å². The second-order valence-electron chi connectivity index (χ2n) is 7.62. The number of rotatable bonds is 9. The van der Waals surface area contributed by atoms with Crippen LogP contribution >= 0.6 is 23.1 Å². The molecule has 0 radical (unpaired) electrons. The van der Waals surface area contributed by atoms with Gasteiger partial charge in [-0.05, 0) is 36.1 Å². The van der Waals surface area contributed by atoms with Crippen LogP contribution < -0.4 is 5.32 Å². The molecule has 0 aliphatic carbocycles. The molecular formula is C24H26N2O3S3. The third-order valence-electron chi connectivity index (χ3n) is 5.34. The van der Waals surface area contributed by atoms with Crippen molar-refractivity contribution in [3.8, 4) is 0 Å². The lowest BCUT2D eigenvalue weighted by atomic mass is 10.0. The van der Waals surface area contributed by atoms with E-state index >= 15 is 0 Å². The minimum Gasteiger partial charge on any atom is -0.350 e. The van der Waals surface area contributed by atoms with Gasteiger partial charge in [0.15, 0.2) is 0 Å². The third-order valence-corrected chi connectivity index (χ3v) is 10.1. The number of thiophene rings is 1. The molecule has 1 fully saturated rings. The molecule has 4 rings (SSSR count). The minimum atomic E-state index is -3.40. The molecule has 3 aromatic rings. The number of nitrogens with zero attached hydrogens (tertiary/aromatic N) is 1. The van der Waals surface area contributed by atoms with E-state index in [1.54, 1.807) is 28.2 Å². The molecule has 1 saturated heterocycles. The highest BCUT2D eigenvalue weighted by molar-refractivity contribution is 8.00. The molecule has 168 valence electrons. The van der Waals surface area contributed by atoms with Gasteiger partial charge in [-0.3, -0.25) is 4.79 Å². The van der Waals surface area contributed by atoms with E-state index in [4.69, 9.17) is 0 Å². The number of hydrogen-bond acceptors (Lipinski definition) is 5. The van der Waals surface area contributed by atoms with Crippen LogP contribution in [0.25, 0.3) is 0 Å². The largest absolute Gasteiger partial charge is 0.350 e. The van der Waals surface area contributed by atoms with E-state index in [0.717, 1.165) is 28.8 Å². The van der Waals surface area contributed by atoms with Crippen molar-refractivity contribution in [2.75, 3.05) is 18.8 Å². The second-order valence-corrected chi connectivity index (χ2v) is 12.0. The van der Waals surface area contributed by atoms with Gasteiger partial charge in [-0.1, -0.05) is 60.7 Å². The molecule has 32 heavy (non-hydrogen) atoms. The predicted octanol–water partition coefficient (Wildman–Crippen LogP) is 4.67. The summed E-state index contributed by atoms with van der Waals surface area (Å²) in [7, 11) is -3.40. The maximum atomic E-state index is 12.7. The monoisotopic (exact) mass is 486 g/mol. The molecule has 1 aromatic heterocycles. The lowest BCUT2D eigenvalue weighted by molar-refractivity contribution is -0.118. The highest BCUT2D eigenvalue weighted by Gasteiger charge is 2.28. The molecule has 2 heterocycles. The number of sulfonamides is 1. The molecule has 8 heteroatoms. The summed E-state index contributed by atoms with van der Waals surface area (Å²) >= 11 is 2.82. The first-order valence-corrected chi connectivity index (χ1v) is 13.9. The summed E-state index contributed by atoms with van der Waals surface area (Å²) in [5.41, 5.74) is 2.32. The summed E-state index contributed by atoms with van der Waals surface area (Å²) < 4.78 is 27.3. The quantitative estimate of drug-likeness (QED) is 0.477. The van der Waals surface area contributed by atoms with Gasteiger partial charge in [-0.2, -0.15) is 4.31 Å². The highest BCUT2D eigenvalue weighted by Crippen LogP contribution is 2.35. The Morgan fingerprint density at radius 2 is 1.53 bits per heavy atom. The molecule has 0 atom stereocenters. The Hall–Kier alpha value is -2.13. The fraction of sp³-hybridized carbons (Fsp3) is 0.292. The number of hydrogen-bond donors (Lipinski definition) is 1. The first-order chi connectivity index (χ1) is 15.5. The number of carbonyl (C=O) groups is 1. The van der Waals surface area contributed by atoms with Gasteiger partial charge >= 0.3 is 0 Å². The maximum absolute atomic E-state index is 12.7. The van der Waals surface area contributed by atoms with E-state index in [0.29, 0.717) is 29.6 Å². The lowest BCUT2D eigenvalue weighted by Crippen LogP contribution is -2.27.